The first-order chi connectivity index (χ1) is 12.4. The van der Waals surface area contributed by atoms with E-state index in [0.29, 0.717) is 11.3 Å². The minimum absolute atomic E-state index is 0.0121. The Bertz CT molecular complexity index is 914. The maximum atomic E-state index is 14.4. The SMILES string of the molecule is CCCOC(=O)c1nc(F)c(F)c(N2C(=O)c3ccccc3C2=O)c1Cl. The van der Waals surface area contributed by atoms with Crippen molar-refractivity contribution in [1.82, 2.24) is 4.98 Å². The van der Waals surface area contributed by atoms with E-state index < -0.39 is 46.0 Å². The molecule has 3 rings (SSSR count). The van der Waals surface area contributed by atoms with E-state index in [0.717, 1.165) is 0 Å². The maximum absolute atomic E-state index is 14.4. The summed E-state index contributed by atoms with van der Waals surface area (Å²) in [6.07, 6.45) is 0.484. The summed E-state index contributed by atoms with van der Waals surface area (Å²) in [6.45, 7) is 1.75. The number of esters is 1. The van der Waals surface area contributed by atoms with E-state index in [2.05, 4.69) is 4.98 Å². The Balaban J connectivity index is 2.14. The molecule has 0 unspecified atom stereocenters. The molecule has 1 aliphatic rings. The Morgan fingerprint density at radius 2 is 1.77 bits per heavy atom. The number of pyridine rings is 1. The fraction of sp³-hybridized carbons (Fsp3) is 0.176. The van der Waals surface area contributed by atoms with Gasteiger partial charge in [0.2, 0.25) is 5.82 Å². The highest BCUT2D eigenvalue weighted by Crippen LogP contribution is 2.37. The van der Waals surface area contributed by atoms with E-state index in [1.54, 1.807) is 6.92 Å². The third-order valence-corrected chi connectivity index (χ3v) is 4.02. The second-order valence-corrected chi connectivity index (χ2v) is 5.73. The van der Waals surface area contributed by atoms with Crippen LogP contribution in [0.15, 0.2) is 24.3 Å². The Morgan fingerprint density at radius 1 is 1.19 bits per heavy atom. The molecule has 9 heteroatoms. The number of amides is 2. The van der Waals surface area contributed by atoms with Crippen LogP contribution in [-0.4, -0.2) is 29.4 Å². The summed E-state index contributed by atoms with van der Waals surface area (Å²) in [5.41, 5.74) is -1.56. The number of benzene rings is 1. The first-order valence-corrected chi connectivity index (χ1v) is 7.95. The van der Waals surface area contributed by atoms with Crippen molar-refractivity contribution in [2.45, 2.75) is 13.3 Å². The Hall–Kier alpha value is -2.87. The molecule has 0 saturated heterocycles. The Morgan fingerprint density at radius 3 is 2.31 bits per heavy atom. The van der Waals surface area contributed by atoms with Crippen molar-refractivity contribution in [2.24, 2.45) is 0 Å². The molecule has 1 aliphatic heterocycles. The largest absolute Gasteiger partial charge is 0.461 e. The van der Waals surface area contributed by atoms with Crippen molar-refractivity contribution >= 4 is 35.1 Å². The average molecular weight is 381 g/mol. The lowest BCUT2D eigenvalue weighted by Crippen LogP contribution is -2.31. The molecule has 0 fully saturated rings. The number of aromatic nitrogens is 1. The monoisotopic (exact) mass is 380 g/mol. The van der Waals surface area contributed by atoms with Crippen LogP contribution in [0.5, 0.6) is 0 Å². The molecule has 0 saturated carbocycles. The Kier molecular flexibility index (Phi) is 4.69. The lowest BCUT2D eigenvalue weighted by atomic mass is 10.1. The average Bonchev–Trinajstić information content (AvgIpc) is 2.88. The molecule has 1 aromatic heterocycles. The van der Waals surface area contributed by atoms with Crippen LogP contribution in [-0.2, 0) is 4.74 Å². The zero-order valence-electron chi connectivity index (χ0n) is 13.4. The van der Waals surface area contributed by atoms with Crippen molar-refractivity contribution in [3.63, 3.8) is 0 Å². The summed E-state index contributed by atoms with van der Waals surface area (Å²) in [6, 6.07) is 5.78. The summed E-state index contributed by atoms with van der Waals surface area (Å²) >= 11 is 6.00. The van der Waals surface area contributed by atoms with Crippen LogP contribution in [0.4, 0.5) is 14.5 Å². The highest BCUT2D eigenvalue weighted by molar-refractivity contribution is 6.41. The van der Waals surface area contributed by atoms with Crippen LogP contribution < -0.4 is 4.90 Å². The number of rotatable bonds is 4. The van der Waals surface area contributed by atoms with Crippen molar-refractivity contribution in [1.29, 1.82) is 0 Å². The highest BCUT2D eigenvalue weighted by Gasteiger charge is 2.41. The lowest BCUT2D eigenvalue weighted by molar-refractivity contribution is 0.0496. The molecule has 2 amide bonds. The van der Waals surface area contributed by atoms with Gasteiger partial charge in [-0.1, -0.05) is 30.7 Å². The molecule has 134 valence electrons. The van der Waals surface area contributed by atoms with Crippen LogP contribution in [0.2, 0.25) is 5.02 Å². The number of halogens is 3. The summed E-state index contributed by atoms with van der Waals surface area (Å²) in [4.78, 5) is 40.5. The van der Waals surface area contributed by atoms with Gasteiger partial charge in [0, 0.05) is 0 Å². The number of anilines is 1. The number of ether oxygens (including phenoxy) is 1. The Labute approximate surface area is 151 Å². The van der Waals surface area contributed by atoms with Crippen molar-refractivity contribution in [3.8, 4) is 0 Å². The zero-order valence-corrected chi connectivity index (χ0v) is 14.1. The van der Waals surface area contributed by atoms with E-state index in [9.17, 15) is 23.2 Å². The zero-order chi connectivity index (χ0) is 19.0. The summed E-state index contributed by atoms with van der Waals surface area (Å²) < 4.78 is 33.1. The van der Waals surface area contributed by atoms with Crippen LogP contribution in [0.1, 0.15) is 44.5 Å². The fourth-order valence-electron chi connectivity index (χ4n) is 2.49. The van der Waals surface area contributed by atoms with E-state index in [4.69, 9.17) is 16.3 Å². The normalized spacial score (nSPS) is 13.2. The van der Waals surface area contributed by atoms with E-state index in [1.165, 1.54) is 24.3 Å². The summed E-state index contributed by atoms with van der Waals surface area (Å²) in [7, 11) is 0. The highest BCUT2D eigenvalue weighted by atomic mass is 35.5. The topological polar surface area (TPSA) is 76.6 Å². The molecule has 0 N–H and O–H groups in total. The van der Waals surface area contributed by atoms with Gasteiger partial charge in [0.1, 0.15) is 10.7 Å². The van der Waals surface area contributed by atoms with Gasteiger partial charge in [-0.3, -0.25) is 9.59 Å². The number of carbonyl (C=O) groups is 3. The summed E-state index contributed by atoms with van der Waals surface area (Å²) in [5, 5.41) is -0.681. The number of imide groups is 1. The molecule has 0 bridgehead atoms. The second kappa shape index (κ2) is 6.80. The number of fused-ring (bicyclic) bond motifs is 1. The number of carbonyl (C=O) groups excluding carboxylic acids is 3. The molecule has 2 aromatic rings. The minimum atomic E-state index is -1.68. The van der Waals surface area contributed by atoms with E-state index >= 15 is 0 Å². The third-order valence-electron chi connectivity index (χ3n) is 3.66. The van der Waals surface area contributed by atoms with Gasteiger partial charge in [0.25, 0.3) is 17.8 Å². The second-order valence-electron chi connectivity index (χ2n) is 5.36. The maximum Gasteiger partial charge on any atom is 0.358 e. The van der Waals surface area contributed by atoms with E-state index in [1.807, 2.05) is 0 Å². The number of hydrogen-bond acceptors (Lipinski definition) is 5. The van der Waals surface area contributed by atoms with Gasteiger partial charge in [0.15, 0.2) is 5.69 Å². The van der Waals surface area contributed by atoms with Gasteiger partial charge >= 0.3 is 5.97 Å². The molecule has 2 heterocycles. The molecule has 0 atom stereocenters. The minimum Gasteiger partial charge on any atom is -0.461 e. The third kappa shape index (κ3) is 2.72. The van der Waals surface area contributed by atoms with Crippen molar-refractivity contribution < 1.29 is 27.9 Å². The van der Waals surface area contributed by atoms with E-state index in [-0.39, 0.29) is 17.7 Å². The van der Waals surface area contributed by atoms with Crippen LogP contribution >= 0.6 is 11.6 Å². The molecule has 6 nitrogen and oxygen atoms in total. The number of nitrogens with zero attached hydrogens (tertiary/aromatic N) is 2. The molecule has 1 aromatic carbocycles. The summed E-state index contributed by atoms with van der Waals surface area (Å²) in [5.74, 6) is -6.15. The van der Waals surface area contributed by atoms with Crippen LogP contribution in [0, 0.1) is 11.8 Å². The smallest absolute Gasteiger partial charge is 0.358 e. The van der Waals surface area contributed by atoms with Crippen molar-refractivity contribution in [3.05, 3.63) is 57.9 Å². The van der Waals surface area contributed by atoms with Crippen molar-refractivity contribution in [2.75, 3.05) is 11.5 Å². The van der Waals surface area contributed by atoms with Crippen LogP contribution in [0.25, 0.3) is 0 Å². The molecule has 0 aliphatic carbocycles. The fourth-order valence-corrected chi connectivity index (χ4v) is 2.78. The predicted molar refractivity (Wildman–Crippen MR) is 87.3 cm³/mol. The molecule has 0 radical (unpaired) electrons. The lowest BCUT2D eigenvalue weighted by Gasteiger charge is -2.18. The first kappa shape index (κ1) is 17.9. The molecular formula is C17H11ClF2N2O4. The van der Waals surface area contributed by atoms with Gasteiger partial charge in [-0.15, -0.1) is 0 Å². The van der Waals surface area contributed by atoms with Gasteiger partial charge in [-0.05, 0) is 18.6 Å². The van der Waals surface area contributed by atoms with Gasteiger partial charge in [0.05, 0.1) is 17.7 Å². The van der Waals surface area contributed by atoms with Gasteiger partial charge in [-0.25, -0.2) is 14.7 Å². The van der Waals surface area contributed by atoms with Crippen LogP contribution in [0.3, 0.4) is 0 Å². The first-order valence-electron chi connectivity index (χ1n) is 7.57. The molecule has 26 heavy (non-hydrogen) atoms. The predicted octanol–water partition coefficient (Wildman–Crippen LogP) is 3.38. The standard InChI is InChI=1S/C17H11ClF2N2O4/c1-2-7-26-17(25)12-10(18)13(11(19)14(20)21-12)22-15(23)8-5-3-4-6-9(8)16(22)24/h3-6H,2,7H2,1H3. The molecular weight excluding hydrogens is 370 g/mol. The molecule has 0 spiro atoms. The quantitative estimate of drug-likeness (QED) is 0.461. The van der Waals surface area contributed by atoms with Gasteiger partial charge < -0.3 is 4.74 Å². The van der Waals surface area contributed by atoms with Gasteiger partial charge in [-0.2, -0.15) is 8.78 Å². The number of hydrogen-bond donors (Lipinski definition) is 0.